The number of rotatable bonds is 2. The molecule has 0 aliphatic rings. The van der Waals surface area contributed by atoms with Gasteiger partial charge in [0, 0.05) is 5.56 Å². The lowest BCUT2D eigenvalue weighted by Gasteiger charge is -2.00. The van der Waals surface area contributed by atoms with Gasteiger partial charge in [0.1, 0.15) is 6.29 Å². The number of carbonyl (C=O) groups excluding carboxylic acids is 1. The van der Waals surface area contributed by atoms with Crippen molar-refractivity contribution in [3.8, 4) is 0 Å². The molecule has 0 saturated carbocycles. The Morgan fingerprint density at radius 3 is 1.85 bits per heavy atom. The molecule has 2 rings (SSSR count). The molecule has 0 saturated heterocycles. The maximum absolute atomic E-state index is 10.3. The summed E-state index contributed by atoms with van der Waals surface area (Å²) in [6, 6.07) is 11.7. The van der Waals surface area contributed by atoms with Gasteiger partial charge in [0.2, 0.25) is 0 Å². The van der Waals surface area contributed by atoms with E-state index in [0.29, 0.717) is 0 Å². The number of benzene rings is 2. The average Bonchev–Trinajstić information content (AvgIpc) is 2.45. The first-order valence-corrected chi connectivity index (χ1v) is 6.67. The molecule has 0 atom stereocenters. The fourth-order valence-corrected chi connectivity index (χ4v) is 1.74. The Labute approximate surface area is 121 Å². The zero-order chi connectivity index (χ0) is 15.1. The Morgan fingerprint density at radius 2 is 1.40 bits per heavy atom. The van der Waals surface area contributed by atoms with E-state index in [1.807, 2.05) is 50.2 Å². The Balaban J connectivity index is 0.000000200. The van der Waals surface area contributed by atoms with Gasteiger partial charge in [0.05, 0.1) is 6.61 Å². The van der Waals surface area contributed by atoms with Gasteiger partial charge in [0.25, 0.3) is 0 Å². The monoisotopic (exact) mass is 270 g/mol. The molecule has 0 spiro atoms. The molecule has 20 heavy (non-hydrogen) atoms. The molecule has 0 aromatic heterocycles. The minimum Gasteiger partial charge on any atom is -0.392 e. The van der Waals surface area contributed by atoms with Crippen molar-refractivity contribution in [2.45, 2.75) is 34.3 Å². The molecule has 0 aliphatic heterocycles. The van der Waals surface area contributed by atoms with Gasteiger partial charge in [-0.2, -0.15) is 0 Å². The molecule has 106 valence electrons. The summed E-state index contributed by atoms with van der Waals surface area (Å²) in [7, 11) is 0. The Morgan fingerprint density at radius 1 is 0.850 bits per heavy atom. The normalized spacial score (nSPS) is 9.65. The summed E-state index contributed by atoms with van der Waals surface area (Å²) in [5.74, 6) is 0. The van der Waals surface area contributed by atoms with Crippen LogP contribution < -0.4 is 0 Å². The summed E-state index contributed by atoms with van der Waals surface area (Å²) in [5, 5.41) is 8.75. The molecule has 2 aromatic rings. The number of carbonyl (C=O) groups is 1. The van der Waals surface area contributed by atoms with Crippen LogP contribution in [-0.2, 0) is 6.61 Å². The van der Waals surface area contributed by atoms with Crippen LogP contribution >= 0.6 is 0 Å². The topological polar surface area (TPSA) is 37.3 Å². The lowest BCUT2D eigenvalue weighted by atomic mass is 10.1. The van der Waals surface area contributed by atoms with Crippen molar-refractivity contribution < 1.29 is 9.90 Å². The predicted octanol–water partition coefficient (Wildman–Crippen LogP) is 3.91. The number of hydrogen-bond donors (Lipinski definition) is 1. The lowest BCUT2D eigenvalue weighted by molar-refractivity contribution is 0.112. The van der Waals surface area contributed by atoms with Crippen molar-refractivity contribution in [3.63, 3.8) is 0 Å². The van der Waals surface area contributed by atoms with Crippen LogP contribution in [0.3, 0.4) is 0 Å². The van der Waals surface area contributed by atoms with Crippen molar-refractivity contribution in [3.05, 3.63) is 69.8 Å². The molecule has 0 bridgehead atoms. The number of aryl methyl sites for hydroxylation is 4. The number of aldehydes is 1. The van der Waals surface area contributed by atoms with Crippen LogP contribution in [0.25, 0.3) is 0 Å². The van der Waals surface area contributed by atoms with E-state index in [1.165, 1.54) is 22.3 Å². The molecule has 0 unspecified atom stereocenters. The second-order valence-corrected chi connectivity index (χ2v) is 5.04. The van der Waals surface area contributed by atoms with Crippen LogP contribution in [0.1, 0.15) is 38.2 Å². The number of aliphatic hydroxyl groups excluding tert-OH is 1. The van der Waals surface area contributed by atoms with Gasteiger partial charge in [0.15, 0.2) is 0 Å². The fraction of sp³-hybridized carbons (Fsp3) is 0.278. The quantitative estimate of drug-likeness (QED) is 0.840. The molecule has 0 radical (unpaired) electrons. The third kappa shape index (κ3) is 4.63. The van der Waals surface area contributed by atoms with Crippen LogP contribution in [-0.4, -0.2) is 11.4 Å². The summed E-state index contributed by atoms with van der Waals surface area (Å²) < 4.78 is 0. The van der Waals surface area contributed by atoms with Gasteiger partial charge >= 0.3 is 0 Å². The van der Waals surface area contributed by atoms with E-state index in [2.05, 4.69) is 13.8 Å². The van der Waals surface area contributed by atoms with Crippen LogP contribution in [0, 0.1) is 27.7 Å². The largest absolute Gasteiger partial charge is 0.392 e. The van der Waals surface area contributed by atoms with E-state index in [4.69, 9.17) is 5.11 Å². The van der Waals surface area contributed by atoms with Crippen LogP contribution in [0.2, 0.25) is 0 Å². The highest BCUT2D eigenvalue weighted by molar-refractivity contribution is 5.75. The van der Waals surface area contributed by atoms with Crippen molar-refractivity contribution >= 4 is 6.29 Å². The summed E-state index contributed by atoms with van der Waals surface area (Å²) in [6.45, 7) is 8.29. The third-order valence-electron chi connectivity index (χ3n) is 3.42. The highest BCUT2D eigenvalue weighted by atomic mass is 16.3. The highest BCUT2D eigenvalue weighted by Gasteiger charge is 1.93. The summed E-state index contributed by atoms with van der Waals surface area (Å²) >= 11 is 0. The van der Waals surface area contributed by atoms with E-state index < -0.39 is 0 Å². The lowest BCUT2D eigenvalue weighted by Crippen LogP contribution is -1.86. The van der Waals surface area contributed by atoms with Gasteiger partial charge < -0.3 is 5.11 Å². The molecular weight excluding hydrogens is 248 g/mol. The van der Waals surface area contributed by atoms with E-state index in [1.54, 1.807) is 0 Å². The molecule has 0 aliphatic carbocycles. The van der Waals surface area contributed by atoms with Crippen molar-refractivity contribution in [1.82, 2.24) is 0 Å². The van der Waals surface area contributed by atoms with Crippen LogP contribution in [0.4, 0.5) is 0 Å². The molecular formula is C18H22O2. The zero-order valence-corrected chi connectivity index (χ0v) is 12.6. The maximum Gasteiger partial charge on any atom is 0.150 e. The van der Waals surface area contributed by atoms with E-state index >= 15 is 0 Å². The number of hydrogen-bond acceptors (Lipinski definition) is 2. The minimum atomic E-state index is 0.140. The highest BCUT2D eigenvalue weighted by Crippen LogP contribution is 2.09. The molecule has 0 fully saturated rings. The first kappa shape index (κ1) is 16.1. The molecule has 2 aromatic carbocycles. The van der Waals surface area contributed by atoms with Crippen molar-refractivity contribution in [1.29, 1.82) is 0 Å². The molecule has 1 N–H and O–H groups in total. The molecule has 2 nitrogen and oxygen atoms in total. The number of aliphatic hydroxyl groups is 1. The summed E-state index contributed by atoms with van der Waals surface area (Å²) in [5.41, 5.74) is 6.66. The van der Waals surface area contributed by atoms with Gasteiger partial charge in [-0.3, -0.25) is 4.79 Å². The second-order valence-electron chi connectivity index (χ2n) is 5.04. The maximum atomic E-state index is 10.3. The predicted molar refractivity (Wildman–Crippen MR) is 83.1 cm³/mol. The summed E-state index contributed by atoms with van der Waals surface area (Å²) in [6.07, 6.45) is 0.867. The second kappa shape index (κ2) is 7.61. The fourth-order valence-electron chi connectivity index (χ4n) is 1.74. The van der Waals surface area contributed by atoms with Gasteiger partial charge in [-0.25, -0.2) is 0 Å². The third-order valence-corrected chi connectivity index (χ3v) is 3.42. The van der Waals surface area contributed by atoms with Crippen molar-refractivity contribution in [2.24, 2.45) is 0 Å². The SMILES string of the molecule is Cc1ccc(C=O)cc1C.Cc1ccc(CO)cc1C. The minimum absolute atomic E-state index is 0.140. The van der Waals surface area contributed by atoms with Crippen LogP contribution in [0.15, 0.2) is 36.4 Å². The van der Waals surface area contributed by atoms with Gasteiger partial charge in [-0.05, 0) is 61.6 Å². The molecule has 0 heterocycles. The van der Waals surface area contributed by atoms with Gasteiger partial charge in [-0.15, -0.1) is 0 Å². The van der Waals surface area contributed by atoms with Gasteiger partial charge in [-0.1, -0.05) is 30.3 Å². The zero-order valence-electron chi connectivity index (χ0n) is 12.6. The average molecular weight is 270 g/mol. The smallest absolute Gasteiger partial charge is 0.150 e. The summed E-state index contributed by atoms with van der Waals surface area (Å²) in [4.78, 5) is 10.3. The molecule has 0 amide bonds. The van der Waals surface area contributed by atoms with E-state index in [0.717, 1.165) is 17.4 Å². The molecule has 2 heteroatoms. The first-order valence-electron chi connectivity index (χ1n) is 6.67. The Bertz CT molecular complexity index is 586. The Hall–Kier alpha value is -1.93. The van der Waals surface area contributed by atoms with E-state index in [-0.39, 0.29) is 6.61 Å². The first-order chi connectivity index (χ1) is 9.47. The standard InChI is InChI=1S/C9H12O.C9H10O/c2*1-7-3-4-9(6-10)5-8(7)2/h3-5,10H,6H2,1-2H3;3-6H,1-2H3. The van der Waals surface area contributed by atoms with Crippen molar-refractivity contribution in [2.75, 3.05) is 0 Å². The van der Waals surface area contributed by atoms with E-state index in [9.17, 15) is 4.79 Å². The Kier molecular flexibility index (Phi) is 6.13. The van der Waals surface area contributed by atoms with Crippen LogP contribution in [0.5, 0.6) is 0 Å².